The molecule has 1 heterocycles. The normalized spacial score (nSPS) is 15.6. The second-order valence-electron chi connectivity index (χ2n) is 3.83. The molecular formula is C14H20N4. The fourth-order valence-corrected chi connectivity index (χ4v) is 1.48. The Bertz CT molecular complexity index is 435. The van der Waals surface area contributed by atoms with E-state index < -0.39 is 0 Å². The van der Waals surface area contributed by atoms with Crippen LogP contribution in [-0.2, 0) is 0 Å². The van der Waals surface area contributed by atoms with Crippen LogP contribution in [0.25, 0.3) is 0 Å². The van der Waals surface area contributed by atoms with Gasteiger partial charge >= 0.3 is 0 Å². The van der Waals surface area contributed by atoms with Gasteiger partial charge in [-0.05, 0) is 37.8 Å². The zero-order valence-electron chi connectivity index (χ0n) is 11.2. The molecule has 0 aromatic heterocycles. The van der Waals surface area contributed by atoms with Crippen molar-refractivity contribution < 1.29 is 0 Å². The zero-order valence-corrected chi connectivity index (χ0v) is 11.2. The van der Waals surface area contributed by atoms with E-state index in [0.29, 0.717) is 0 Å². The molecule has 4 nitrogen and oxygen atoms in total. The van der Waals surface area contributed by atoms with Gasteiger partial charge in [0.1, 0.15) is 5.84 Å². The number of hydrogen-bond donors (Lipinski definition) is 1. The third-order valence-corrected chi connectivity index (χ3v) is 2.38. The van der Waals surface area contributed by atoms with Gasteiger partial charge < -0.3 is 10.2 Å². The van der Waals surface area contributed by atoms with Crippen LogP contribution in [0.4, 0.5) is 0 Å². The summed E-state index contributed by atoms with van der Waals surface area (Å²) in [6, 6.07) is 0. The highest BCUT2D eigenvalue weighted by Crippen LogP contribution is 2.05. The Balaban J connectivity index is 2.81. The molecular weight excluding hydrogens is 224 g/mol. The lowest BCUT2D eigenvalue weighted by molar-refractivity contribution is 0.602. The molecule has 4 heteroatoms. The Labute approximate surface area is 109 Å². The molecule has 0 amide bonds. The first-order valence-corrected chi connectivity index (χ1v) is 5.92. The molecule has 0 fully saturated rings. The first-order chi connectivity index (χ1) is 8.77. The first-order valence-electron chi connectivity index (χ1n) is 5.92. The van der Waals surface area contributed by atoms with Crippen molar-refractivity contribution in [1.29, 1.82) is 0 Å². The minimum atomic E-state index is 0.789. The van der Waals surface area contributed by atoms with Crippen LogP contribution in [0.1, 0.15) is 6.92 Å². The van der Waals surface area contributed by atoms with Gasteiger partial charge in [-0.1, -0.05) is 0 Å². The van der Waals surface area contributed by atoms with E-state index in [1.54, 1.807) is 19.3 Å². The molecule has 0 spiro atoms. The molecule has 0 atom stereocenters. The molecule has 0 bridgehead atoms. The number of rotatable bonds is 5. The fourth-order valence-electron chi connectivity index (χ4n) is 1.48. The van der Waals surface area contributed by atoms with Crippen LogP contribution in [0, 0.1) is 0 Å². The van der Waals surface area contributed by atoms with Crippen molar-refractivity contribution >= 4 is 12.1 Å². The summed E-state index contributed by atoms with van der Waals surface area (Å²) in [4.78, 5) is 10.2. The average Bonchev–Trinajstić information content (AvgIpc) is 2.37. The molecule has 0 aromatic carbocycles. The molecule has 0 aliphatic carbocycles. The summed E-state index contributed by atoms with van der Waals surface area (Å²) in [5.41, 5.74) is 4.23. The summed E-state index contributed by atoms with van der Waals surface area (Å²) < 4.78 is 0. The monoisotopic (exact) mass is 244 g/mol. The van der Waals surface area contributed by atoms with Gasteiger partial charge in [0.05, 0.1) is 0 Å². The van der Waals surface area contributed by atoms with E-state index in [1.165, 1.54) is 0 Å². The average molecular weight is 244 g/mol. The minimum Gasteiger partial charge on any atom is -0.332 e. The lowest BCUT2D eigenvalue weighted by Gasteiger charge is -2.21. The van der Waals surface area contributed by atoms with Crippen molar-refractivity contribution in [2.45, 2.75) is 6.92 Å². The van der Waals surface area contributed by atoms with Crippen LogP contribution < -0.4 is 5.32 Å². The van der Waals surface area contributed by atoms with Crippen molar-refractivity contribution in [3.05, 3.63) is 41.9 Å². The fraction of sp³-hybridized carbons (Fsp3) is 0.357. The quantitative estimate of drug-likeness (QED) is 0.455. The highest BCUT2D eigenvalue weighted by molar-refractivity contribution is 5.82. The van der Waals surface area contributed by atoms with Gasteiger partial charge in [0.15, 0.2) is 0 Å². The molecule has 18 heavy (non-hydrogen) atoms. The number of amidine groups is 1. The lowest BCUT2D eigenvalue weighted by Crippen LogP contribution is -2.26. The van der Waals surface area contributed by atoms with Crippen LogP contribution in [0.5, 0.6) is 0 Å². The summed E-state index contributed by atoms with van der Waals surface area (Å²) in [6.45, 7) is 3.65. The molecule has 0 radical (unpaired) electrons. The van der Waals surface area contributed by atoms with E-state index in [0.717, 1.165) is 24.5 Å². The maximum Gasteiger partial charge on any atom is 0.105 e. The number of likely N-dealkylation sites (N-methyl/N-ethyl adjacent to an activating group) is 1. The molecule has 1 rings (SSSR count). The van der Waals surface area contributed by atoms with E-state index in [2.05, 4.69) is 32.1 Å². The summed E-state index contributed by atoms with van der Waals surface area (Å²) >= 11 is 0. The lowest BCUT2D eigenvalue weighted by atomic mass is 10.2. The van der Waals surface area contributed by atoms with E-state index in [1.807, 2.05) is 32.3 Å². The third-order valence-electron chi connectivity index (χ3n) is 2.38. The SMILES string of the molecule is C/N=C\C=C=C/C(=C/N1CC=CN=C1C)CNC. The summed E-state index contributed by atoms with van der Waals surface area (Å²) in [5, 5.41) is 3.14. The predicted molar refractivity (Wildman–Crippen MR) is 78.0 cm³/mol. The molecule has 0 saturated carbocycles. The van der Waals surface area contributed by atoms with Crippen molar-refractivity contribution in [2.75, 3.05) is 27.2 Å². The summed E-state index contributed by atoms with van der Waals surface area (Å²) in [7, 11) is 3.67. The number of nitrogens with one attached hydrogen (secondary N) is 1. The Hall–Kier alpha value is -1.90. The second-order valence-corrected chi connectivity index (χ2v) is 3.83. The molecule has 1 N–H and O–H groups in total. The van der Waals surface area contributed by atoms with Gasteiger partial charge in [0.2, 0.25) is 0 Å². The van der Waals surface area contributed by atoms with Crippen LogP contribution in [-0.4, -0.2) is 44.1 Å². The van der Waals surface area contributed by atoms with Crippen molar-refractivity contribution in [3.63, 3.8) is 0 Å². The highest BCUT2D eigenvalue weighted by atomic mass is 15.2. The largest absolute Gasteiger partial charge is 0.332 e. The van der Waals surface area contributed by atoms with E-state index in [9.17, 15) is 0 Å². The molecule has 0 aromatic rings. The molecule has 1 aliphatic rings. The Morgan fingerprint density at radius 1 is 1.67 bits per heavy atom. The number of nitrogens with zero attached hydrogens (tertiary/aromatic N) is 3. The summed E-state index contributed by atoms with van der Waals surface area (Å²) in [5.74, 6) is 0.999. The van der Waals surface area contributed by atoms with Crippen LogP contribution in [0.2, 0.25) is 0 Å². The smallest absolute Gasteiger partial charge is 0.105 e. The Morgan fingerprint density at radius 3 is 3.17 bits per heavy atom. The zero-order chi connectivity index (χ0) is 13.2. The van der Waals surface area contributed by atoms with Gasteiger partial charge in [0.25, 0.3) is 0 Å². The number of hydrogen-bond acceptors (Lipinski definition) is 4. The number of aliphatic imine (C=N–C) groups is 2. The van der Waals surface area contributed by atoms with E-state index in [4.69, 9.17) is 0 Å². The van der Waals surface area contributed by atoms with Gasteiger partial charge in [-0.3, -0.25) is 4.99 Å². The van der Waals surface area contributed by atoms with Crippen LogP contribution >= 0.6 is 0 Å². The molecule has 96 valence electrons. The molecule has 0 unspecified atom stereocenters. The topological polar surface area (TPSA) is 40.0 Å². The van der Waals surface area contributed by atoms with Gasteiger partial charge in [0, 0.05) is 38.8 Å². The Kier molecular flexibility index (Phi) is 6.47. The van der Waals surface area contributed by atoms with Crippen LogP contribution in [0.15, 0.2) is 51.9 Å². The van der Waals surface area contributed by atoms with Gasteiger partial charge in [-0.15, -0.1) is 5.73 Å². The highest BCUT2D eigenvalue weighted by Gasteiger charge is 2.05. The maximum absolute atomic E-state index is 4.27. The van der Waals surface area contributed by atoms with Gasteiger partial charge in [-0.2, -0.15) is 0 Å². The first kappa shape index (κ1) is 14.2. The molecule has 1 aliphatic heterocycles. The van der Waals surface area contributed by atoms with E-state index in [-0.39, 0.29) is 0 Å². The standard InChI is InChI=1S/C14H20N4/c1-13-17-9-6-10-18(13)12-14(11-16-3)7-4-5-8-15-2/h5-9,12,16H,10-11H2,1-3H3/b14-12-,15-8-. The third kappa shape index (κ3) is 4.95. The van der Waals surface area contributed by atoms with Gasteiger partial charge in [-0.25, -0.2) is 4.99 Å². The van der Waals surface area contributed by atoms with Crippen LogP contribution in [0.3, 0.4) is 0 Å². The van der Waals surface area contributed by atoms with E-state index >= 15 is 0 Å². The minimum absolute atomic E-state index is 0.789. The Morgan fingerprint density at radius 2 is 2.50 bits per heavy atom. The summed E-state index contributed by atoms with van der Waals surface area (Å²) in [6.07, 6.45) is 11.4. The van der Waals surface area contributed by atoms with Crippen molar-refractivity contribution in [3.8, 4) is 0 Å². The van der Waals surface area contributed by atoms with Crippen molar-refractivity contribution in [1.82, 2.24) is 10.2 Å². The molecule has 0 saturated heterocycles. The maximum atomic E-state index is 4.27. The second kappa shape index (κ2) is 8.23. The van der Waals surface area contributed by atoms with Crippen molar-refractivity contribution in [2.24, 2.45) is 9.98 Å². The predicted octanol–water partition coefficient (Wildman–Crippen LogP) is 1.75.